The second-order valence-corrected chi connectivity index (χ2v) is 7.00. The van der Waals surface area contributed by atoms with E-state index in [0.717, 1.165) is 16.4 Å². The third kappa shape index (κ3) is 2.76. The van der Waals surface area contributed by atoms with Gasteiger partial charge in [0.15, 0.2) is 5.65 Å². The Hall–Kier alpha value is -3.52. The number of hydrogen-bond donors (Lipinski definition) is 1. The highest BCUT2D eigenvalue weighted by Crippen LogP contribution is 2.18. The van der Waals surface area contributed by atoms with Crippen molar-refractivity contribution in [2.75, 3.05) is 5.32 Å². The first-order chi connectivity index (χ1) is 13.3. The van der Waals surface area contributed by atoms with Gasteiger partial charge in [-0.05, 0) is 24.3 Å². The van der Waals surface area contributed by atoms with Crippen molar-refractivity contribution < 1.29 is 0 Å². The molecule has 0 radical (unpaired) electrons. The molecule has 5 rings (SSSR count). The van der Waals surface area contributed by atoms with Gasteiger partial charge in [-0.3, -0.25) is 4.79 Å². The number of benzene rings is 2. The monoisotopic (exact) mass is 374 g/mol. The van der Waals surface area contributed by atoms with Crippen LogP contribution in [-0.4, -0.2) is 24.4 Å². The highest BCUT2D eigenvalue weighted by atomic mass is 32.1. The van der Waals surface area contributed by atoms with Crippen LogP contribution < -0.4 is 10.9 Å². The lowest BCUT2D eigenvalue weighted by atomic mass is 10.3. The van der Waals surface area contributed by atoms with E-state index in [1.165, 1.54) is 15.9 Å². The quantitative estimate of drug-likeness (QED) is 0.523. The standard InChI is InChI=1S/C19H14N6OS/c26-18-15-11-21-24(14-9-5-2-6-10-14)17(15)22-19-25(18)23-16(27-19)12-20-13-7-3-1-4-8-13/h1-11,20H,12H2. The summed E-state index contributed by atoms with van der Waals surface area (Å²) in [5.41, 5.74) is 2.19. The lowest BCUT2D eigenvalue weighted by molar-refractivity contribution is 0.865. The highest BCUT2D eigenvalue weighted by molar-refractivity contribution is 7.16. The van der Waals surface area contributed by atoms with Gasteiger partial charge in [0.25, 0.3) is 5.56 Å². The van der Waals surface area contributed by atoms with Gasteiger partial charge in [-0.15, -0.1) is 0 Å². The minimum absolute atomic E-state index is 0.209. The van der Waals surface area contributed by atoms with Crippen LogP contribution in [0.5, 0.6) is 0 Å². The van der Waals surface area contributed by atoms with E-state index in [0.29, 0.717) is 22.5 Å². The Morgan fingerprint density at radius 1 is 1.00 bits per heavy atom. The van der Waals surface area contributed by atoms with Crippen LogP contribution >= 0.6 is 11.3 Å². The van der Waals surface area contributed by atoms with Gasteiger partial charge in [0.2, 0.25) is 4.96 Å². The average molecular weight is 374 g/mol. The van der Waals surface area contributed by atoms with Crippen molar-refractivity contribution in [2.24, 2.45) is 0 Å². The fraction of sp³-hybridized carbons (Fsp3) is 0.0526. The fourth-order valence-electron chi connectivity index (χ4n) is 2.89. The van der Waals surface area contributed by atoms with Gasteiger partial charge in [-0.25, -0.2) is 4.68 Å². The average Bonchev–Trinajstić information content (AvgIpc) is 3.33. The van der Waals surface area contributed by atoms with E-state index in [1.807, 2.05) is 60.7 Å². The van der Waals surface area contributed by atoms with Crippen LogP contribution in [0.4, 0.5) is 5.69 Å². The summed E-state index contributed by atoms with van der Waals surface area (Å²) in [5, 5.41) is 13.3. The van der Waals surface area contributed by atoms with Gasteiger partial charge in [0.05, 0.1) is 18.4 Å². The lowest BCUT2D eigenvalue weighted by Gasteiger charge is -2.01. The molecule has 0 aliphatic heterocycles. The highest BCUT2D eigenvalue weighted by Gasteiger charge is 2.15. The van der Waals surface area contributed by atoms with Crippen LogP contribution in [0.1, 0.15) is 5.01 Å². The van der Waals surface area contributed by atoms with Crippen molar-refractivity contribution >= 4 is 33.0 Å². The Morgan fingerprint density at radius 3 is 2.52 bits per heavy atom. The van der Waals surface area contributed by atoms with Crippen molar-refractivity contribution in [3.05, 3.63) is 82.2 Å². The number of rotatable bonds is 4. The van der Waals surface area contributed by atoms with Gasteiger partial charge < -0.3 is 5.32 Å². The molecular formula is C19H14N6OS. The van der Waals surface area contributed by atoms with Gasteiger partial charge >= 0.3 is 0 Å². The van der Waals surface area contributed by atoms with E-state index in [1.54, 1.807) is 10.9 Å². The molecule has 3 aromatic heterocycles. The molecule has 2 aromatic carbocycles. The summed E-state index contributed by atoms with van der Waals surface area (Å²) in [6.07, 6.45) is 1.55. The minimum Gasteiger partial charge on any atom is -0.378 e. The third-order valence-electron chi connectivity index (χ3n) is 4.19. The summed E-state index contributed by atoms with van der Waals surface area (Å²) in [5.74, 6) is 0. The molecular weight excluding hydrogens is 360 g/mol. The summed E-state index contributed by atoms with van der Waals surface area (Å²) in [4.78, 5) is 18.0. The molecule has 27 heavy (non-hydrogen) atoms. The molecule has 3 heterocycles. The molecule has 0 aliphatic carbocycles. The van der Waals surface area contributed by atoms with Crippen molar-refractivity contribution in [2.45, 2.75) is 6.54 Å². The summed E-state index contributed by atoms with van der Waals surface area (Å²) < 4.78 is 3.03. The Morgan fingerprint density at radius 2 is 1.74 bits per heavy atom. The Bertz CT molecular complexity index is 1290. The number of aromatic nitrogens is 5. The molecule has 0 atom stereocenters. The first kappa shape index (κ1) is 15.7. The number of para-hydroxylation sites is 2. The van der Waals surface area contributed by atoms with E-state index in [4.69, 9.17) is 0 Å². The molecule has 7 nitrogen and oxygen atoms in total. The molecule has 5 aromatic rings. The maximum absolute atomic E-state index is 12.8. The topological polar surface area (TPSA) is 77.1 Å². The van der Waals surface area contributed by atoms with Crippen molar-refractivity contribution in [3.63, 3.8) is 0 Å². The molecule has 0 spiro atoms. The molecule has 132 valence electrons. The molecule has 1 N–H and O–H groups in total. The van der Waals surface area contributed by atoms with E-state index >= 15 is 0 Å². The van der Waals surface area contributed by atoms with Crippen LogP contribution in [0.25, 0.3) is 21.7 Å². The van der Waals surface area contributed by atoms with Crippen LogP contribution in [0.15, 0.2) is 71.7 Å². The fourth-order valence-corrected chi connectivity index (χ4v) is 3.71. The number of nitrogens with one attached hydrogen (secondary N) is 1. The molecule has 0 saturated heterocycles. The number of nitrogens with zero attached hydrogens (tertiary/aromatic N) is 5. The normalized spacial score (nSPS) is 11.3. The first-order valence-corrected chi connectivity index (χ1v) is 9.22. The number of fused-ring (bicyclic) bond motifs is 2. The summed E-state index contributed by atoms with van der Waals surface area (Å²) in [7, 11) is 0. The minimum atomic E-state index is -0.209. The largest absolute Gasteiger partial charge is 0.378 e. The van der Waals surface area contributed by atoms with Gasteiger partial charge in [-0.1, -0.05) is 47.7 Å². The molecule has 0 bridgehead atoms. The molecule has 0 fully saturated rings. The predicted octanol–water partition coefficient (Wildman–Crippen LogP) is 3.10. The van der Waals surface area contributed by atoms with Crippen LogP contribution in [-0.2, 0) is 6.54 Å². The Labute approximate surface area is 157 Å². The third-order valence-corrected chi connectivity index (χ3v) is 5.10. The SMILES string of the molecule is O=c1c2cnn(-c3ccccc3)c2nc2sc(CNc3ccccc3)nn12. The zero-order chi connectivity index (χ0) is 18.2. The number of anilines is 1. The summed E-state index contributed by atoms with van der Waals surface area (Å²) in [6, 6.07) is 19.5. The molecule has 0 aliphatic rings. The Balaban J connectivity index is 1.57. The van der Waals surface area contributed by atoms with E-state index in [2.05, 4.69) is 20.5 Å². The summed E-state index contributed by atoms with van der Waals surface area (Å²) in [6.45, 7) is 0.526. The van der Waals surface area contributed by atoms with Crippen molar-refractivity contribution in [3.8, 4) is 5.69 Å². The molecule has 0 unspecified atom stereocenters. The van der Waals surface area contributed by atoms with Gasteiger partial charge in [0.1, 0.15) is 10.4 Å². The van der Waals surface area contributed by atoms with Crippen LogP contribution in [0.2, 0.25) is 0 Å². The van der Waals surface area contributed by atoms with Crippen molar-refractivity contribution in [1.29, 1.82) is 0 Å². The summed E-state index contributed by atoms with van der Waals surface area (Å²) >= 11 is 1.39. The number of hydrogen-bond acceptors (Lipinski definition) is 6. The zero-order valence-electron chi connectivity index (χ0n) is 14.1. The Kier molecular flexibility index (Phi) is 3.68. The van der Waals surface area contributed by atoms with E-state index in [-0.39, 0.29) is 5.56 Å². The maximum atomic E-state index is 12.8. The molecule has 0 saturated carbocycles. The van der Waals surface area contributed by atoms with Crippen LogP contribution in [0, 0.1) is 0 Å². The van der Waals surface area contributed by atoms with E-state index in [9.17, 15) is 4.79 Å². The van der Waals surface area contributed by atoms with Crippen molar-refractivity contribution in [1.82, 2.24) is 24.4 Å². The smallest absolute Gasteiger partial charge is 0.286 e. The predicted molar refractivity (Wildman–Crippen MR) is 106 cm³/mol. The second kappa shape index (κ2) is 6.33. The van der Waals surface area contributed by atoms with Crippen LogP contribution in [0.3, 0.4) is 0 Å². The zero-order valence-corrected chi connectivity index (χ0v) is 14.9. The lowest BCUT2D eigenvalue weighted by Crippen LogP contribution is -2.15. The van der Waals surface area contributed by atoms with E-state index < -0.39 is 0 Å². The molecule has 8 heteroatoms. The molecule has 0 amide bonds. The van der Waals surface area contributed by atoms with Gasteiger partial charge in [-0.2, -0.15) is 19.7 Å². The maximum Gasteiger partial charge on any atom is 0.286 e. The first-order valence-electron chi connectivity index (χ1n) is 8.40. The van der Waals surface area contributed by atoms with Gasteiger partial charge in [0, 0.05) is 5.69 Å². The second-order valence-electron chi connectivity index (χ2n) is 5.96.